The Morgan fingerprint density at radius 1 is 1.24 bits per heavy atom. The predicted molar refractivity (Wildman–Crippen MR) is 83.6 cm³/mol. The maximum absolute atomic E-state index is 12.3. The molecule has 2 aromatic rings. The normalized spacial score (nSPS) is 14.0. The van der Waals surface area contributed by atoms with E-state index < -0.39 is 0 Å². The molecular weight excluding hydrogens is 262 g/mol. The van der Waals surface area contributed by atoms with Gasteiger partial charge in [-0.2, -0.15) is 0 Å². The fourth-order valence-corrected chi connectivity index (χ4v) is 2.67. The van der Waals surface area contributed by atoms with E-state index in [1.54, 1.807) is 0 Å². The third kappa shape index (κ3) is 2.99. The molecule has 0 fully saturated rings. The van der Waals surface area contributed by atoms with Crippen LogP contribution in [0.2, 0.25) is 0 Å². The number of aryl methyl sites for hydroxylation is 2. The number of hydrogen-bond acceptors (Lipinski definition) is 2. The zero-order valence-corrected chi connectivity index (χ0v) is 12.6. The summed E-state index contributed by atoms with van der Waals surface area (Å²) in [5.41, 5.74) is 2.60. The maximum Gasteiger partial charge on any atom is 0.275 e. The number of anilines is 1. The number of carbonyl (C=O) groups is 1. The SMILES string of the molecule is CC(C)c1ccc(NC(=O)c2cn3c(n2)CCCC3)cc1. The molecule has 0 saturated heterocycles. The number of nitrogens with zero attached hydrogens (tertiary/aromatic N) is 2. The summed E-state index contributed by atoms with van der Waals surface area (Å²) < 4.78 is 2.10. The molecular formula is C17H21N3O. The topological polar surface area (TPSA) is 46.9 Å². The first-order valence-electron chi connectivity index (χ1n) is 7.61. The molecule has 0 spiro atoms. The quantitative estimate of drug-likeness (QED) is 0.935. The molecule has 0 bridgehead atoms. The lowest BCUT2D eigenvalue weighted by Crippen LogP contribution is -2.12. The molecule has 3 rings (SSSR count). The lowest BCUT2D eigenvalue weighted by Gasteiger charge is -2.11. The van der Waals surface area contributed by atoms with Crippen LogP contribution >= 0.6 is 0 Å². The van der Waals surface area contributed by atoms with Gasteiger partial charge in [0.15, 0.2) is 0 Å². The molecule has 0 radical (unpaired) electrons. The summed E-state index contributed by atoms with van der Waals surface area (Å²) in [7, 11) is 0. The number of hydrogen-bond donors (Lipinski definition) is 1. The van der Waals surface area contributed by atoms with Crippen molar-refractivity contribution in [1.29, 1.82) is 0 Å². The fourth-order valence-electron chi connectivity index (χ4n) is 2.67. The molecule has 1 aromatic carbocycles. The van der Waals surface area contributed by atoms with Crippen LogP contribution in [-0.4, -0.2) is 15.5 Å². The van der Waals surface area contributed by atoms with Crippen molar-refractivity contribution < 1.29 is 4.79 Å². The van der Waals surface area contributed by atoms with E-state index >= 15 is 0 Å². The number of nitrogens with one attached hydrogen (secondary N) is 1. The summed E-state index contributed by atoms with van der Waals surface area (Å²) in [6.07, 6.45) is 5.17. The lowest BCUT2D eigenvalue weighted by molar-refractivity contribution is 0.102. The molecule has 1 aromatic heterocycles. The van der Waals surface area contributed by atoms with E-state index in [1.807, 2.05) is 18.3 Å². The number of aromatic nitrogens is 2. The minimum Gasteiger partial charge on any atom is -0.334 e. The molecule has 1 aliphatic heterocycles. The number of carbonyl (C=O) groups excluding carboxylic acids is 1. The minimum absolute atomic E-state index is 0.130. The van der Waals surface area contributed by atoms with Gasteiger partial charge in [-0.3, -0.25) is 4.79 Å². The van der Waals surface area contributed by atoms with Crippen LogP contribution in [0.4, 0.5) is 5.69 Å². The van der Waals surface area contributed by atoms with Gasteiger partial charge < -0.3 is 9.88 Å². The first-order chi connectivity index (χ1) is 10.1. The van der Waals surface area contributed by atoms with Crippen molar-refractivity contribution in [2.24, 2.45) is 0 Å². The van der Waals surface area contributed by atoms with Crippen LogP contribution in [0.25, 0.3) is 0 Å². The Balaban J connectivity index is 1.72. The van der Waals surface area contributed by atoms with Crippen molar-refractivity contribution >= 4 is 11.6 Å². The monoisotopic (exact) mass is 283 g/mol. The summed E-state index contributed by atoms with van der Waals surface area (Å²) in [5, 5.41) is 2.92. The summed E-state index contributed by atoms with van der Waals surface area (Å²) >= 11 is 0. The minimum atomic E-state index is -0.130. The van der Waals surface area contributed by atoms with Crippen molar-refractivity contribution in [3.63, 3.8) is 0 Å². The van der Waals surface area contributed by atoms with Gasteiger partial charge in [0.05, 0.1) is 0 Å². The van der Waals surface area contributed by atoms with E-state index in [2.05, 4.69) is 40.8 Å². The average Bonchev–Trinajstić information content (AvgIpc) is 2.92. The Morgan fingerprint density at radius 2 is 2.00 bits per heavy atom. The highest BCUT2D eigenvalue weighted by atomic mass is 16.1. The summed E-state index contributed by atoms with van der Waals surface area (Å²) in [6.45, 7) is 5.28. The highest BCUT2D eigenvalue weighted by Crippen LogP contribution is 2.18. The third-order valence-corrected chi connectivity index (χ3v) is 3.98. The Labute approximate surface area is 125 Å². The second-order valence-corrected chi connectivity index (χ2v) is 5.92. The van der Waals surface area contributed by atoms with Crippen LogP contribution in [0, 0.1) is 0 Å². The van der Waals surface area contributed by atoms with Crippen molar-refractivity contribution in [1.82, 2.24) is 9.55 Å². The van der Waals surface area contributed by atoms with E-state index in [-0.39, 0.29) is 5.91 Å². The van der Waals surface area contributed by atoms with Crippen LogP contribution < -0.4 is 5.32 Å². The Hall–Kier alpha value is -2.10. The number of imidazole rings is 1. The summed E-state index contributed by atoms with van der Waals surface area (Å²) in [6, 6.07) is 8.00. The molecule has 0 saturated carbocycles. The average molecular weight is 283 g/mol. The van der Waals surface area contributed by atoms with Gasteiger partial charge >= 0.3 is 0 Å². The predicted octanol–water partition coefficient (Wildman–Crippen LogP) is 3.60. The number of amides is 1. The van der Waals surface area contributed by atoms with Crippen molar-refractivity contribution in [3.8, 4) is 0 Å². The van der Waals surface area contributed by atoms with Gasteiger partial charge in [0.1, 0.15) is 11.5 Å². The second-order valence-electron chi connectivity index (χ2n) is 5.92. The molecule has 1 N–H and O–H groups in total. The van der Waals surface area contributed by atoms with Crippen molar-refractivity contribution in [3.05, 3.63) is 47.5 Å². The first kappa shape index (κ1) is 13.9. The second kappa shape index (κ2) is 5.72. The highest BCUT2D eigenvalue weighted by Gasteiger charge is 2.16. The zero-order chi connectivity index (χ0) is 14.8. The first-order valence-corrected chi connectivity index (χ1v) is 7.61. The number of rotatable bonds is 3. The lowest BCUT2D eigenvalue weighted by atomic mass is 10.0. The van der Waals surface area contributed by atoms with Crippen LogP contribution in [-0.2, 0) is 13.0 Å². The molecule has 1 aliphatic rings. The van der Waals surface area contributed by atoms with E-state index in [4.69, 9.17) is 0 Å². The van der Waals surface area contributed by atoms with Gasteiger partial charge in [-0.25, -0.2) is 4.98 Å². The highest BCUT2D eigenvalue weighted by molar-refractivity contribution is 6.02. The van der Waals surface area contributed by atoms with Gasteiger partial charge in [-0.05, 0) is 36.5 Å². The van der Waals surface area contributed by atoms with Gasteiger partial charge in [-0.15, -0.1) is 0 Å². The molecule has 21 heavy (non-hydrogen) atoms. The zero-order valence-electron chi connectivity index (χ0n) is 12.6. The van der Waals surface area contributed by atoms with Crippen molar-refractivity contribution in [2.75, 3.05) is 5.32 Å². The molecule has 0 unspecified atom stereocenters. The third-order valence-electron chi connectivity index (χ3n) is 3.98. The van der Waals surface area contributed by atoms with E-state index in [0.717, 1.165) is 30.9 Å². The van der Waals surface area contributed by atoms with E-state index in [9.17, 15) is 4.79 Å². The Bertz CT molecular complexity index is 617. The van der Waals surface area contributed by atoms with Crippen molar-refractivity contribution in [2.45, 2.75) is 45.6 Å². The van der Waals surface area contributed by atoms with E-state index in [1.165, 1.54) is 12.0 Å². The smallest absolute Gasteiger partial charge is 0.275 e. The number of benzene rings is 1. The van der Waals surface area contributed by atoms with Gasteiger partial charge in [0, 0.05) is 24.8 Å². The molecule has 0 atom stereocenters. The molecule has 0 aliphatic carbocycles. The molecule has 4 nitrogen and oxygen atoms in total. The van der Waals surface area contributed by atoms with E-state index in [0.29, 0.717) is 11.6 Å². The maximum atomic E-state index is 12.3. The Morgan fingerprint density at radius 3 is 2.67 bits per heavy atom. The summed E-state index contributed by atoms with van der Waals surface area (Å²) in [4.78, 5) is 16.7. The molecule has 2 heterocycles. The largest absolute Gasteiger partial charge is 0.334 e. The molecule has 110 valence electrons. The molecule has 4 heteroatoms. The van der Waals surface area contributed by atoms with Crippen LogP contribution in [0.3, 0.4) is 0 Å². The summed E-state index contributed by atoms with van der Waals surface area (Å²) in [5.74, 6) is 1.39. The van der Waals surface area contributed by atoms with Crippen LogP contribution in [0.5, 0.6) is 0 Å². The Kier molecular flexibility index (Phi) is 3.78. The fraction of sp³-hybridized carbons (Fsp3) is 0.412. The van der Waals surface area contributed by atoms with Gasteiger partial charge in [-0.1, -0.05) is 26.0 Å². The van der Waals surface area contributed by atoms with Crippen LogP contribution in [0.1, 0.15) is 54.5 Å². The standard InChI is InChI=1S/C17H21N3O/c1-12(2)13-6-8-14(9-7-13)18-17(21)15-11-20-10-4-3-5-16(20)19-15/h6-9,11-12H,3-5,10H2,1-2H3,(H,18,21). The van der Waals surface area contributed by atoms with Gasteiger partial charge in [0.2, 0.25) is 0 Å². The number of fused-ring (bicyclic) bond motifs is 1. The molecule has 1 amide bonds. The van der Waals surface area contributed by atoms with Gasteiger partial charge in [0.25, 0.3) is 5.91 Å². The van der Waals surface area contributed by atoms with Crippen LogP contribution in [0.15, 0.2) is 30.5 Å².